The summed E-state index contributed by atoms with van der Waals surface area (Å²) >= 11 is 0. The van der Waals surface area contributed by atoms with Gasteiger partial charge in [0, 0.05) is 12.0 Å². The van der Waals surface area contributed by atoms with E-state index in [-0.39, 0.29) is 18.1 Å². The molecular formula is C20H42O3Si2. The van der Waals surface area contributed by atoms with Crippen molar-refractivity contribution in [1.82, 2.24) is 0 Å². The van der Waals surface area contributed by atoms with Crippen LogP contribution >= 0.6 is 0 Å². The van der Waals surface area contributed by atoms with E-state index < -0.39 is 16.6 Å². The third kappa shape index (κ3) is 8.33. The van der Waals surface area contributed by atoms with Crippen molar-refractivity contribution >= 4 is 22.9 Å². The zero-order chi connectivity index (χ0) is 19.8. The largest absolute Gasteiger partial charge is 0.414 e. The molecule has 4 atom stereocenters. The second-order valence-electron chi connectivity index (χ2n) is 8.48. The van der Waals surface area contributed by atoms with Crippen LogP contribution in [-0.2, 0) is 13.6 Å². The minimum atomic E-state index is -1.72. The lowest BCUT2D eigenvalue weighted by Crippen LogP contribution is -2.41. The quantitative estimate of drug-likeness (QED) is 0.233. The van der Waals surface area contributed by atoms with Gasteiger partial charge in [0.25, 0.3) is 0 Å². The molecule has 0 N–H and O–H groups in total. The Balaban J connectivity index is 5.27. The van der Waals surface area contributed by atoms with E-state index in [4.69, 9.17) is 8.85 Å². The first-order chi connectivity index (χ1) is 11.4. The van der Waals surface area contributed by atoms with Gasteiger partial charge in [-0.05, 0) is 63.1 Å². The third-order valence-corrected chi connectivity index (χ3v) is 11.0. The molecule has 0 aromatic heterocycles. The van der Waals surface area contributed by atoms with Crippen LogP contribution in [0.2, 0.25) is 37.8 Å². The van der Waals surface area contributed by atoms with Crippen LogP contribution in [0.4, 0.5) is 0 Å². The highest BCUT2D eigenvalue weighted by molar-refractivity contribution is 6.73. The molecular weight excluding hydrogens is 344 g/mol. The SMILES string of the molecule is CC[Si](CC)(CC)O[C@H](C)[C@@H](C)/C=C(\C)[C@H](O[Si](C)(C)C)[C@@H](C)C=O. The van der Waals surface area contributed by atoms with Gasteiger partial charge in [0.05, 0.1) is 6.10 Å². The van der Waals surface area contributed by atoms with Crippen molar-refractivity contribution in [3.05, 3.63) is 11.6 Å². The lowest BCUT2D eigenvalue weighted by Gasteiger charge is -2.34. The summed E-state index contributed by atoms with van der Waals surface area (Å²) in [7, 11) is -3.32. The first kappa shape index (κ1) is 24.8. The molecule has 25 heavy (non-hydrogen) atoms. The Labute approximate surface area is 158 Å². The molecule has 0 saturated carbocycles. The van der Waals surface area contributed by atoms with Crippen molar-refractivity contribution in [3.63, 3.8) is 0 Å². The van der Waals surface area contributed by atoms with Crippen molar-refractivity contribution in [1.29, 1.82) is 0 Å². The van der Waals surface area contributed by atoms with Gasteiger partial charge in [-0.25, -0.2) is 0 Å². The molecule has 0 bridgehead atoms. The Morgan fingerprint density at radius 1 is 0.920 bits per heavy atom. The van der Waals surface area contributed by atoms with E-state index in [0.717, 1.165) is 11.9 Å². The molecule has 0 heterocycles. The van der Waals surface area contributed by atoms with E-state index in [1.807, 2.05) is 6.92 Å². The molecule has 148 valence electrons. The van der Waals surface area contributed by atoms with Crippen molar-refractivity contribution in [3.8, 4) is 0 Å². The summed E-state index contributed by atoms with van der Waals surface area (Å²) in [5.74, 6) is 0.185. The van der Waals surface area contributed by atoms with E-state index in [1.54, 1.807) is 0 Å². The maximum atomic E-state index is 11.3. The molecule has 0 spiro atoms. The van der Waals surface area contributed by atoms with Crippen LogP contribution in [0.5, 0.6) is 0 Å². The van der Waals surface area contributed by atoms with Gasteiger partial charge in [0.2, 0.25) is 0 Å². The molecule has 0 amide bonds. The second kappa shape index (κ2) is 10.8. The lowest BCUT2D eigenvalue weighted by atomic mass is 9.95. The Bertz CT molecular complexity index is 417. The highest BCUT2D eigenvalue weighted by atomic mass is 28.4. The molecule has 0 fully saturated rings. The molecule has 0 radical (unpaired) electrons. The number of hydrogen-bond donors (Lipinski definition) is 0. The predicted octanol–water partition coefficient (Wildman–Crippen LogP) is 6.03. The summed E-state index contributed by atoms with van der Waals surface area (Å²) in [6.07, 6.45) is 3.34. The molecule has 0 aliphatic carbocycles. The summed E-state index contributed by atoms with van der Waals surface area (Å²) in [5.41, 5.74) is 1.15. The van der Waals surface area contributed by atoms with E-state index in [0.29, 0.717) is 5.92 Å². The van der Waals surface area contributed by atoms with Gasteiger partial charge in [-0.15, -0.1) is 0 Å². The van der Waals surface area contributed by atoms with Crippen molar-refractivity contribution in [2.45, 2.75) is 98.4 Å². The Morgan fingerprint density at radius 3 is 1.76 bits per heavy atom. The van der Waals surface area contributed by atoms with E-state index in [9.17, 15) is 4.79 Å². The second-order valence-corrected chi connectivity index (χ2v) is 17.7. The molecule has 0 aromatic rings. The third-order valence-electron chi connectivity index (χ3n) is 5.26. The number of carbonyl (C=O) groups excluding carboxylic acids is 1. The molecule has 0 aliphatic heterocycles. The van der Waals surface area contributed by atoms with Gasteiger partial charge in [-0.3, -0.25) is 0 Å². The average molecular weight is 387 g/mol. The summed E-state index contributed by atoms with van der Waals surface area (Å²) in [5, 5.41) is 0. The smallest absolute Gasteiger partial charge is 0.192 e. The molecule has 3 nitrogen and oxygen atoms in total. The topological polar surface area (TPSA) is 35.5 Å². The maximum Gasteiger partial charge on any atom is 0.192 e. The van der Waals surface area contributed by atoms with Crippen molar-refractivity contribution in [2.75, 3.05) is 0 Å². The van der Waals surface area contributed by atoms with Crippen LogP contribution in [0.3, 0.4) is 0 Å². The molecule has 0 unspecified atom stereocenters. The van der Waals surface area contributed by atoms with Crippen LogP contribution in [0, 0.1) is 11.8 Å². The normalized spacial score (nSPS) is 18.6. The van der Waals surface area contributed by atoms with Crippen molar-refractivity contribution < 1.29 is 13.6 Å². The van der Waals surface area contributed by atoms with Crippen LogP contribution in [0.1, 0.15) is 48.5 Å². The average Bonchev–Trinajstić information content (AvgIpc) is 2.55. The molecule has 5 heteroatoms. The van der Waals surface area contributed by atoms with Crippen LogP contribution in [-0.4, -0.2) is 35.1 Å². The Kier molecular flexibility index (Phi) is 10.7. The fourth-order valence-electron chi connectivity index (χ4n) is 3.21. The minimum Gasteiger partial charge on any atom is -0.414 e. The van der Waals surface area contributed by atoms with Crippen molar-refractivity contribution in [2.24, 2.45) is 11.8 Å². The van der Waals surface area contributed by atoms with Crippen LogP contribution < -0.4 is 0 Å². The first-order valence-corrected chi connectivity index (χ1v) is 15.9. The highest BCUT2D eigenvalue weighted by Gasteiger charge is 2.32. The van der Waals surface area contributed by atoms with E-state index in [1.165, 1.54) is 18.1 Å². The molecule has 0 aromatic carbocycles. The zero-order valence-electron chi connectivity index (χ0n) is 18.3. The number of hydrogen-bond acceptors (Lipinski definition) is 3. The van der Waals surface area contributed by atoms with Gasteiger partial charge in [-0.1, -0.05) is 40.7 Å². The number of rotatable bonds is 12. The van der Waals surface area contributed by atoms with Crippen LogP contribution in [0.25, 0.3) is 0 Å². The van der Waals surface area contributed by atoms with Gasteiger partial charge >= 0.3 is 0 Å². The first-order valence-electron chi connectivity index (χ1n) is 9.94. The molecule has 0 saturated heterocycles. The Morgan fingerprint density at radius 2 is 1.40 bits per heavy atom. The zero-order valence-corrected chi connectivity index (χ0v) is 20.3. The predicted molar refractivity (Wildman–Crippen MR) is 114 cm³/mol. The van der Waals surface area contributed by atoms with E-state index >= 15 is 0 Å². The Hall–Kier alpha value is -0.236. The van der Waals surface area contributed by atoms with Gasteiger partial charge < -0.3 is 13.6 Å². The summed E-state index contributed by atoms with van der Waals surface area (Å²) in [6.45, 7) is 21.8. The fourth-order valence-corrected chi connectivity index (χ4v) is 7.38. The number of aldehydes is 1. The molecule has 0 rings (SSSR count). The standard InChI is InChI=1S/C20H42O3Si2/c1-11-25(12-2,13-3)22-19(7)16(4)14-17(5)20(18(6)15-21)23-24(8,9)10/h14-16,18-20H,11-13H2,1-10H3/b17-14+/t16-,18-,19+,20-/m0/s1. The van der Waals surface area contributed by atoms with Gasteiger partial charge in [-0.2, -0.15) is 0 Å². The van der Waals surface area contributed by atoms with E-state index in [2.05, 4.69) is 67.3 Å². The number of carbonyl (C=O) groups is 1. The van der Waals surface area contributed by atoms with Gasteiger partial charge in [0.1, 0.15) is 6.29 Å². The molecule has 0 aliphatic rings. The van der Waals surface area contributed by atoms with Gasteiger partial charge in [0.15, 0.2) is 16.6 Å². The lowest BCUT2D eigenvalue weighted by molar-refractivity contribution is -0.112. The summed E-state index contributed by atoms with van der Waals surface area (Å²) in [4.78, 5) is 11.3. The summed E-state index contributed by atoms with van der Waals surface area (Å²) < 4.78 is 12.9. The maximum absolute atomic E-state index is 11.3. The highest BCUT2D eigenvalue weighted by Crippen LogP contribution is 2.27. The van der Waals surface area contributed by atoms with Crippen LogP contribution in [0.15, 0.2) is 11.6 Å². The summed E-state index contributed by atoms with van der Waals surface area (Å²) in [6, 6.07) is 3.51. The fraction of sp³-hybridized carbons (Fsp3) is 0.850. The minimum absolute atomic E-state index is 0.121. The monoisotopic (exact) mass is 386 g/mol.